The first-order valence-corrected chi connectivity index (χ1v) is 14.6. The van der Waals surface area contributed by atoms with Crippen molar-refractivity contribution < 1.29 is 27.5 Å². The van der Waals surface area contributed by atoms with E-state index in [0.29, 0.717) is 35.1 Å². The van der Waals surface area contributed by atoms with Crippen LogP contribution in [0.2, 0.25) is 5.02 Å². The second-order valence-electron chi connectivity index (χ2n) is 8.80. The van der Waals surface area contributed by atoms with Gasteiger partial charge in [-0.25, -0.2) is 8.42 Å². The van der Waals surface area contributed by atoms with Gasteiger partial charge in [0.15, 0.2) is 11.5 Å². The van der Waals surface area contributed by atoms with Crippen molar-refractivity contribution in [3.05, 3.63) is 83.4 Å². The van der Waals surface area contributed by atoms with Crippen molar-refractivity contribution in [1.82, 2.24) is 10.2 Å². The number of anilines is 1. The number of amides is 2. The molecular formula is C29H34ClN3O6S. The lowest BCUT2D eigenvalue weighted by molar-refractivity contribution is -0.140. The van der Waals surface area contributed by atoms with Gasteiger partial charge >= 0.3 is 0 Å². The molecule has 1 N–H and O–H groups in total. The van der Waals surface area contributed by atoms with Crippen molar-refractivity contribution in [2.75, 3.05) is 31.6 Å². The summed E-state index contributed by atoms with van der Waals surface area (Å²) in [5.41, 5.74) is 0.822. The molecule has 3 aromatic rings. The highest BCUT2D eigenvalue weighted by atomic mass is 35.5. The predicted molar refractivity (Wildman–Crippen MR) is 155 cm³/mol. The zero-order chi connectivity index (χ0) is 29.3. The Hall–Kier alpha value is -3.76. The summed E-state index contributed by atoms with van der Waals surface area (Å²) >= 11 is 6.41. The van der Waals surface area contributed by atoms with E-state index in [1.165, 1.54) is 43.4 Å². The summed E-state index contributed by atoms with van der Waals surface area (Å²) in [6.07, 6.45) is 0.309. The fraction of sp³-hybridized carbons (Fsp3) is 0.310. The largest absolute Gasteiger partial charge is 0.493 e. The van der Waals surface area contributed by atoms with Crippen LogP contribution in [0.15, 0.2) is 77.7 Å². The van der Waals surface area contributed by atoms with E-state index in [0.717, 1.165) is 4.31 Å². The number of rotatable bonds is 13. The van der Waals surface area contributed by atoms with E-state index in [1.807, 2.05) is 0 Å². The lowest BCUT2D eigenvalue weighted by Gasteiger charge is -2.33. The fourth-order valence-electron chi connectivity index (χ4n) is 4.25. The topological polar surface area (TPSA) is 105 Å². The first-order valence-electron chi connectivity index (χ1n) is 12.8. The number of methoxy groups -OCH3 is 2. The van der Waals surface area contributed by atoms with Crippen molar-refractivity contribution >= 4 is 39.1 Å². The van der Waals surface area contributed by atoms with Gasteiger partial charge in [0, 0.05) is 24.2 Å². The smallest absolute Gasteiger partial charge is 0.264 e. The highest BCUT2D eigenvalue weighted by Gasteiger charge is 2.34. The maximum Gasteiger partial charge on any atom is 0.264 e. The van der Waals surface area contributed by atoms with Crippen molar-refractivity contribution in [3.8, 4) is 11.5 Å². The first kappa shape index (κ1) is 30.8. The van der Waals surface area contributed by atoms with Gasteiger partial charge in [-0.15, -0.1) is 0 Å². The summed E-state index contributed by atoms with van der Waals surface area (Å²) in [6.45, 7) is 3.39. The van der Waals surface area contributed by atoms with E-state index in [9.17, 15) is 18.0 Å². The molecule has 9 nitrogen and oxygen atoms in total. The molecule has 1 unspecified atom stereocenters. The van der Waals surface area contributed by atoms with Gasteiger partial charge in [0.1, 0.15) is 12.6 Å². The molecule has 0 spiro atoms. The second kappa shape index (κ2) is 14.0. The number of hydrogen-bond donors (Lipinski definition) is 1. The standard InChI is InChI=1S/C29H34ClN3O6S/c1-5-25(29(35)31-6-2)32(19-21-12-10-11-15-24(21)30)28(34)20-33(40(36,37)23-13-8-7-9-14-23)22-16-17-26(38-3)27(18-22)39-4/h7-18,25H,5-6,19-20H2,1-4H3,(H,31,35). The molecule has 0 heterocycles. The van der Waals surface area contributed by atoms with Gasteiger partial charge < -0.3 is 19.7 Å². The van der Waals surface area contributed by atoms with Crippen molar-refractivity contribution in [2.24, 2.45) is 0 Å². The van der Waals surface area contributed by atoms with Crippen molar-refractivity contribution in [1.29, 1.82) is 0 Å². The number of halogens is 1. The number of ether oxygens (including phenoxy) is 2. The van der Waals surface area contributed by atoms with Gasteiger partial charge in [-0.3, -0.25) is 13.9 Å². The first-order chi connectivity index (χ1) is 19.2. The molecule has 0 aromatic heterocycles. The van der Waals surface area contributed by atoms with Crippen LogP contribution in [0.1, 0.15) is 25.8 Å². The summed E-state index contributed by atoms with van der Waals surface area (Å²) in [5.74, 6) is -0.221. The molecule has 0 saturated carbocycles. The molecule has 0 radical (unpaired) electrons. The normalized spacial score (nSPS) is 11.8. The minimum atomic E-state index is -4.21. The molecule has 11 heteroatoms. The molecule has 0 aliphatic rings. The highest BCUT2D eigenvalue weighted by molar-refractivity contribution is 7.92. The fourth-order valence-corrected chi connectivity index (χ4v) is 5.87. The Labute approximate surface area is 240 Å². The van der Waals surface area contributed by atoms with Crippen LogP contribution in [0.25, 0.3) is 0 Å². The van der Waals surface area contributed by atoms with Crippen molar-refractivity contribution in [2.45, 2.75) is 37.8 Å². The second-order valence-corrected chi connectivity index (χ2v) is 11.1. The van der Waals surface area contributed by atoms with E-state index in [4.69, 9.17) is 21.1 Å². The third-order valence-electron chi connectivity index (χ3n) is 6.30. The van der Waals surface area contributed by atoms with Crippen molar-refractivity contribution in [3.63, 3.8) is 0 Å². The Bertz CT molecular complexity index is 1420. The lowest BCUT2D eigenvalue weighted by atomic mass is 10.1. The summed E-state index contributed by atoms with van der Waals surface area (Å²) < 4.78 is 39.5. The minimum absolute atomic E-state index is 0.00556. The number of likely N-dealkylation sites (N-methyl/N-ethyl adjacent to an activating group) is 1. The number of hydrogen-bond acceptors (Lipinski definition) is 6. The number of carbonyl (C=O) groups excluding carboxylic acids is 2. The summed E-state index contributed by atoms with van der Waals surface area (Å²) in [6, 6.07) is 18.6. The van der Waals surface area contributed by atoms with Gasteiger partial charge in [-0.2, -0.15) is 0 Å². The van der Waals surface area contributed by atoms with Crippen LogP contribution < -0.4 is 19.1 Å². The molecular weight excluding hydrogens is 554 g/mol. The van der Waals surface area contributed by atoms with Crippen LogP contribution in [-0.2, 0) is 26.2 Å². The number of benzene rings is 3. The zero-order valence-electron chi connectivity index (χ0n) is 23.0. The Morgan fingerprint density at radius 2 is 1.57 bits per heavy atom. The Balaban J connectivity index is 2.11. The summed E-state index contributed by atoms with van der Waals surface area (Å²) in [5, 5.41) is 3.20. The monoisotopic (exact) mass is 587 g/mol. The molecule has 0 saturated heterocycles. The zero-order valence-corrected chi connectivity index (χ0v) is 24.5. The molecule has 0 aliphatic heterocycles. The van der Waals surface area contributed by atoms with E-state index < -0.39 is 28.5 Å². The van der Waals surface area contributed by atoms with Crippen LogP contribution in [0.5, 0.6) is 11.5 Å². The van der Waals surface area contributed by atoms with Crippen LogP contribution in [0.4, 0.5) is 5.69 Å². The molecule has 0 fully saturated rings. The summed E-state index contributed by atoms with van der Waals surface area (Å²) in [7, 11) is -1.30. The minimum Gasteiger partial charge on any atom is -0.493 e. The van der Waals surface area contributed by atoms with E-state index >= 15 is 0 Å². The molecule has 0 aliphatic carbocycles. The van der Waals surface area contributed by atoms with Gasteiger partial charge in [-0.05, 0) is 49.2 Å². The van der Waals surface area contributed by atoms with E-state index in [-0.39, 0.29) is 23.0 Å². The Morgan fingerprint density at radius 3 is 2.17 bits per heavy atom. The van der Waals surface area contributed by atoms with Gasteiger partial charge in [-0.1, -0.05) is 54.9 Å². The molecule has 40 heavy (non-hydrogen) atoms. The van der Waals surface area contributed by atoms with Gasteiger partial charge in [0.2, 0.25) is 11.8 Å². The molecule has 214 valence electrons. The lowest BCUT2D eigenvalue weighted by Crippen LogP contribution is -2.52. The number of nitrogens with one attached hydrogen (secondary N) is 1. The molecule has 3 rings (SSSR count). The quantitative estimate of drug-likeness (QED) is 0.316. The number of sulfonamides is 1. The highest BCUT2D eigenvalue weighted by Crippen LogP contribution is 2.34. The maximum absolute atomic E-state index is 14.0. The average Bonchev–Trinajstić information content (AvgIpc) is 2.96. The Morgan fingerprint density at radius 1 is 0.925 bits per heavy atom. The third-order valence-corrected chi connectivity index (χ3v) is 8.46. The van der Waals surface area contributed by atoms with Gasteiger partial charge in [0.25, 0.3) is 10.0 Å². The third kappa shape index (κ3) is 7.05. The van der Waals surface area contributed by atoms with Crippen LogP contribution in [0, 0.1) is 0 Å². The maximum atomic E-state index is 14.0. The van der Waals surface area contributed by atoms with E-state index in [2.05, 4.69) is 5.32 Å². The van der Waals surface area contributed by atoms with Crippen LogP contribution in [-0.4, -0.2) is 58.5 Å². The Kier molecular flexibility index (Phi) is 10.8. The summed E-state index contributed by atoms with van der Waals surface area (Å²) in [4.78, 5) is 28.5. The number of nitrogens with zero attached hydrogens (tertiary/aromatic N) is 2. The van der Waals surface area contributed by atoms with Gasteiger partial charge in [0.05, 0.1) is 24.8 Å². The van der Waals surface area contributed by atoms with Crippen LogP contribution in [0.3, 0.4) is 0 Å². The van der Waals surface area contributed by atoms with E-state index in [1.54, 1.807) is 62.4 Å². The van der Waals surface area contributed by atoms with Crippen LogP contribution >= 0.6 is 11.6 Å². The predicted octanol–water partition coefficient (Wildman–Crippen LogP) is 4.50. The molecule has 1 atom stereocenters. The molecule has 3 aromatic carbocycles. The SMILES string of the molecule is CCNC(=O)C(CC)N(Cc1ccccc1Cl)C(=O)CN(c1ccc(OC)c(OC)c1)S(=O)(=O)c1ccccc1. The molecule has 2 amide bonds. The number of carbonyl (C=O) groups is 2. The molecule has 0 bridgehead atoms. The average molecular weight is 588 g/mol.